The second-order valence-electron chi connectivity index (χ2n) is 6.83. The molecule has 2 aromatic heterocycles. The van der Waals surface area contributed by atoms with Crippen LogP contribution in [0.3, 0.4) is 0 Å². The number of hydrogen-bond acceptors (Lipinski definition) is 6. The lowest BCUT2D eigenvalue weighted by Crippen LogP contribution is -2.36. The van der Waals surface area contributed by atoms with Crippen LogP contribution < -0.4 is 9.64 Å². The number of nitrogens with zero attached hydrogens (tertiary/aromatic N) is 4. The average Bonchev–Trinajstić information content (AvgIpc) is 3.20. The molecule has 1 saturated heterocycles. The highest BCUT2D eigenvalue weighted by Gasteiger charge is 2.33. The van der Waals surface area contributed by atoms with Crippen LogP contribution in [0.1, 0.15) is 24.1 Å². The molecular formula is C20H18Cl2N4O3. The molecule has 1 atom stereocenters. The number of aliphatic carboxylic acids is 1. The van der Waals surface area contributed by atoms with E-state index in [4.69, 9.17) is 27.9 Å². The summed E-state index contributed by atoms with van der Waals surface area (Å²) in [4.78, 5) is 17.5. The first-order chi connectivity index (χ1) is 14.0. The van der Waals surface area contributed by atoms with Crippen LogP contribution >= 0.6 is 23.2 Å². The summed E-state index contributed by atoms with van der Waals surface area (Å²) in [6, 6.07) is 4.98. The number of halogens is 2. The molecule has 1 aliphatic heterocycles. The van der Waals surface area contributed by atoms with Crippen molar-refractivity contribution >= 4 is 45.8 Å². The van der Waals surface area contributed by atoms with E-state index in [-0.39, 0.29) is 0 Å². The van der Waals surface area contributed by atoms with Gasteiger partial charge < -0.3 is 14.7 Å². The van der Waals surface area contributed by atoms with E-state index in [1.54, 1.807) is 12.0 Å². The van der Waals surface area contributed by atoms with Gasteiger partial charge in [0.1, 0.15) is 11.8 Å². The summed E-state index contributed by atoms with van der Waals surface area (Å²) in [5.41, 5.74) is 1.40. The maximum atomic E-state index is 11.7. The highest BCUT2D eigenvalue weighted by Crippen LogP contribution is 2.35. The Morgan fingerprint density at radius 1 is 1.24 bits per heavy atom. The van der Waals surface area contributed by atoms with Crippen molar-refractivity contribution in [2.45, 2.75) is 25.3 Å². The standard InChI is InChI=1S/C20H18Cl2N4O3/c1-29-11-4-5-12-13(7-11)19(26-6-2-3-18(26)20(27)28)25-24-17(12)8-14-15(21)9-23-10-16(14)22/h4-5,7,9-10,18H,2-3,6,8H2,1H3,(H,27,28). The number of rotatable bonds is 5. The largest absolute Gasteiger partial charge is 0.497 e. The highest BCUT2D eigenvalue weighted by molar-refractivity contribution is 6.35. The molecule has 0 radical (unpaired) electrons. The topological polar surface area (TPSA) is 88.4 Å². The number of anilines is 1. The van der Waals surface area contributed by atoms with E-state index >= 15 is 0 Å². The van der Waals surface area contributed by atoms with Gasteiger partial charge in [-0.25, -0.2) is 4.79 Å². The monoisotopic (exact) mass is 432 g/mol. The van der Waals surface area contributed by atoms with Crippen molar-refractivity contribution in [1.29, 1.82) is 0 Å². The third-order valence-corrected chi connectivity index (χ3v) is 5.80. The molecule has 1 unspecified atom stereocenters. The summed E-state index contributed by atoms with van der Waals surface area (Å²) in [5.74, 6) is 0.336. The smallest absolute Gasteiger partial charge is 0.326 e. The summed E-state index contributed by atoms with van der Waals surface area (Å²) in [7, 11) is 1.59. The molecule has 1 aliphatic rings. The fraction of sp³-hybridized carbons (Fsp3) is 0.300. The van der Waals surface area contributed by atoms with Crippen LogP contribution in [-0.2, 0) is 11.2 Å². The molecule has 0 spiro atoms. The number of aromatic nitrogens is 3. The van der Waals surface area contributed by atoms with Crippen LogP contribution in [0.4, 0.5) is 5.82 Å². The molecule has 29 heavy (non-hydrogen) atoms. The Morgan fingerprint density at radius 3 is 2.69 bits per heavy atom. The number of fused-ring (bicyclic) bond motifs is 1. The van der Waals surface area contributed by atoms with Gasteiger partial charge in [0.2, 0.25) is 0 Å². The van der Waals surface area contributed by atoms with Gasteiger partial charge in [0.05, 0.1) is 22.8 Å². The van der Waals surface area contributed by atoms with Gasteiger partial charge in [0.15, 0.2) is 5.82 Å². The first-order valence-corrected chi connectivity index (χ1v) is 9.86. The van der Waals surface area contributed by atoms with Crippen LogP contribution in [0.15, 0.2) is 30.6 Å². The normalized spacial score (nSPS) is 16.4. The van der Waals surface area contributed by atoms with E-state index in [1.165, 1.54) is 12.4 Å². The van der Waals surface area contributed by atoms with Gasteiger partial charge in [0.25, 0.3) is 0 Å². The van der Waals surface area contributed by atoms with Crippen molar-refractivity contribution in [3.63, 3.8) is 0 Å². The number of ether oxygens (including phenoxy) is 1. The Bertz CT molecular complexity index is 1070. The Labute approximate surface area is 177 Å². The predicted molar refractivity (Wildman–Crippen MR) is 111 cm³/mol. The van der Waals surface area contributed by atoms with Crippen LogP contribution in [0.25, 0.3) is 10.8 Å². The third-order valence-electron chi connectivity index (χ3n) is 5.15. The quantitative estimate of drug-likeness (QED) is 0.651. The molecule has 1 aromatic carbocycles. The summed E-state index contributed by atoms with van der Waals surface area (Å²) in [5, 5.41) is 20.9. The third kappa shape index (κ3) is 3.68. The van der Waals surface area contributed by atoms with E-state index in [0.717, 1.165) is 17.2 Å². The van der Waals surface area contributed by atoms with Gasteiger partial charge in [-0.3, -0.25) is 4.98 Å². The molecule has 0 bridgehead atoms. The van der Waals surface area contributed by atoms with E-state index in [2.05, 4.69) is 15.2 Å². The Hall–Kier alpha value is -2.64. The lowest BCUT2D eigenvalue weighted by molar-refractivity contribution is -0.138. The number of methoxy groups -OCH3 is 1. The highest BCUT2D eigenvalue weighted by atomic mass is 35.5. The molecule has 1 fully saturated rings. The Morgan fingerprint density at radius 2 is 2.00 bits per heavy atom. The first-order valence-electron chi connectivity index (χ1n) is 9.10. The van der Waals surface area contributed by atoms with Crippen molar-refractivity contribution in [2.75, 3.05) is 18.6 Å². The second-order valence-corrected chi connectivity index (χ2v) is 7.64. The lowest BCUT2D eigenvalue weighted by atomic mass is 10.0. The van der Waals surface area contributed by atoms with E-state index < -0.39 is 12.0 Å². The maximum Gasteiger partial charge on any atom is 0.326 e. The molecule has 1 N–H and O–H groups in total. The van der Waals surface area contributed by atoms with Gasteiger partial charge in [-0.05, 0) is 36.6 Å². The van der Waals surface area contributed by atoms with E-state index in [0.29, 0.717) is 52.3 Å². The molecule has 3 heterocycles. The minimum Gasteiger partial charge on any atom is -0.497 e. The molecule has 0 aliphatic carbocycles. The van der Waals surface area contributed by atoms with E-state index in [9.17, 15) is 9.90 Å². The van der Waals surface area contributed by atoms with Crippen LogP contribution in [0.5, 0.6) is 5.75 Å². The molecule has 3 aromatic rings. The summed E-state index contributed by atoms with van der Waals surface area (Å²) >= 11 is 12.6. The fourth-order valence-corrected chi connectivity index (χ4v) is 4.19. The lowest BCUT2D eigenvalue weighted by Gasteiger charge is -2.24. The number of pyridine rings is 1. The van der Waals surface area contributed by atoms with Gasteiger partial charge in [-0.1, -0.05) is 23.2 Å². The van der Waals surface area contributed by atoms with Crippen molar-refractivity contribution in [3.05, 3.63) is 51.9 Å². The first kappa shape index (κ1) is 19.7. The maximum absolute atomic E-state index is 11.7. The molecule has 9 heteroatoms. The Kier molecular flexibility index (Phi) is 5.43. The zero-order valence-electron chi connectivity index (χ0n) is 15.6. The van der Waals surface area contributed by atoms with Crippen LogP contribution in [-0.4, -0.2) is 46.0 Å². The number of hydrogen-bond donors (Lipinski definition) is 1. The minimum absolute atomic E-state index is 0.374. The molecular weight excluding hydrogens is 415 g/mol. The zero-order chi connectivity index (χ0) is 20.5. The number of carboxylic acids is 1. The van der Waals surface area contributed by atoms with Crippen LogP contribution in [0.2, 0.25) is 10.0 Å². The predicted octanol–water partition coefficient (Wildman–Crippen LogP) is 3.98. The summed E-state index contributed by atoms with van der Waals surface area (Å²) < 4.78 is 5.38. The fourth-order valence-electron chi connectivity index (χ4n) is 3.70. The summed E-state index contributed by atoms with van der Waals surface area (Å²) in [6.45, 7) is 0.610. The van der Waals surface area contributed by atoms with Crippen molar-refractivity contribution in [2.24, 2.45) is 0 Å². The van der Waals surface area contributed by atoms with Gasteiger partial charge in [-0.15, -0.1) is 5.10 Å². The second kappa shape index (κ2) is 8.00. The minimum atomic E-state index is -0.861. The molecule has 0 saturated carbocycles. The zero-order valence-corrected chi connectivity index (χ0v) is 17.1. The van der Waals surface area contributed by atoms with Gasteiger partial charge >= 0.3 is 5.97 Å². The number of carbonyl (C=O) groups is 1. The van der Waals surface area contributed by atoms with Crippen LogP contribution in [0, 0.1) is 0 Å². The van der Waals surface area contributed by atoms with Gasteiger partial charge in [-0.2, -0.15) is 5.10 Å². The molecule has 7 nitrogen and oxygen atoms in total. The Balaban J connectivity index is 1.85. The number of benzene rings is 1. The van der Waals surface area contributed by atoms with Gasteiger partial charge in [0, 0.05) is 36.1 Å². The summed E-state index contributed by atoms with van der Waals surface area (Å²) in [6.07, 6.45) is 4.81. The van der Waals surface area contributed by atoms with Crippen molar-refractivity contribution < 1.29 is 14.6 Å². The molecule has 4 rings (SSSR count). The molecule has 150 valence electrons. The average molecular weight is 433 g/mol. The number of carboxylic acid groups (broad SMARTS) is 1. The molecule has 0 amide bonds. The van der Waals surface area contributed by atoms with Crippen molar-refractivity contribution in [3.8, 4) is 5.75 Å². The van der Waals surface area contributed by atoms with E-state index in [1.807, 2.05) is 18.2 Å². The van der Waals surface area contributed by atoms with Crippen molar-refractivity contribution in [1.82, 2.24) is 15.2 Å². The SMILES string of the molecule is COc1ccc2c(Cc3c(Cl)cncc3Cl)nnc(N3CCCC3C(=O)O)c2c1.